The van der Waals surface area contributed by atoms with Gasteiger partial charge >= 0.3 is 213 Å². The van der Waals surface area contributed by atoms with Gasteiger partial charge in [-0.1, -0.05) is 0 Å². The van der Waals surface area contributed by atoms with E-state index in [9.17, 15) is 0 Å². The average Bonchev–Trinajstić information content (AvgIpc) is 1.12. The molecule has 0 saturated carbocycles. The van der Waals surface area contributed by atoms with Crippen molar-refractivity contribution in [2.75, 3.05) is 0 Å². The summed E-state index contributed by atoms with van der Waals surface area (Å²) in [5.41, 5.74) is 0. The van der Waals surface area contributed by atoms with Gasteiger partial charge in [0, 0.05) is 0 Å². The molecule has 14 heteroatoms. The number of rotatable bonds is 0. The molecule has 0 spiro atoms. The first kappa shape index (κ1) is 36.7. The van der Waals surface area contributed by atoms with Crippen LogP contribution in [0.1, 0.15) is 0 Å². The van der Waals surface area contributed by atoms with Crippen LogP contribution in [-0.4, -0.2) is 192 Å². The van der Waals surface area contributed by atoms with Crippen molar-refractivity contribution >= 4 is 187 Å². The second kappa shape index (κ2) is 18.7. The van der Waals surface area contributed by atoms with Crippen LogP contribution in [0.2, 0.25) is 0 Å². The van der Waals surface area contributed by atoms with Crippen molar-refractivity contribution in [1.82, 2.24) is 0 Å². The van der Waals surface area contributed by atoms with Gasteiger partial charge in [0.15, 0.2) is 0 Å². The molecule has 2 N–H and O–H groups in total. The Morgan fingerprint density at radius 2 is 0.571 bits per heavy atom. The Hall–Kier alpha value is 5.67. The Kier molecular flexibility index (Phi) is 48.9. The Morgan fingerprint density at radius 1 is 0.571 bits per heavy atom. The zero-order chi connectivity index (χ0) is 9.00. The van der Waals surface area contributed by atoms with Gasteiger partial charge in [-0.25, -0.2) is 0 Å². The van der Waals surface area contributed by atoms with E-state index in [4.69, 9.17) is 26.3 Å². The van der Waals surface area contributed by atoms with Crippen LogP contribution < -0.4 is 20.3 Å². The zero-order valence-corrected chi connectivity index (χ0v) is 25.2. The first-order chi connectivity index (χ1) is 4.00. The average molecular weight is 802 g/mol. The molecule has 0 heterocycles. The number of hydrogen-bond acceptors (Lipinski definition) is 8. The van der Waals surface area contributed by atoms with Crippen molar-refractivity contribution < 1.29 is 31.8 Å². The van der Waals surface area contributed by atoms with Crippen molar-refractivity contribution in [2.24, 2.45) is 0 Å². The first-order valence-corrected chi connectivity index (χ1v) is 9.80. The second-order valence-corrected chi connectivity index (χ2v) is 6.00. The van der Waals surface area contributed by atoms with Crippen LogP contribution in [0.4, 0.5) is 0 Å². The van der Waals surface area contributed by atoms with Gasteiger partial charge in [0.05, 0.1) is 0 Å². The molecule has 0 aliphatic carbocycles. The van der Waals surface area contributed by atoms with E-state index in [1.807, 2.05) is 0 Å². The number of hydrogen-bond donors (Lipinski definition) is 0. The van der Waals surface area contributed by atoms with Gasteiger partial charge in [-0.3, -0.25) is 0 Å². The second-order valence-electron chi connectivity index (χ2n) is 0.894. The maximum atomic E-state index is 8.64. The summed E-state index contributed by atoms with van der Waals surface area (Å²) in [6, 6.07) is 0. The van der Waals surface area contributed by atoms with Crippen LogP contribution in [0.15, 0.2) is 0 Å². The molecule has 9 nitrogen and oxygen atoms in total. The van der Waals surface area contributed by atoms with Crippen molar-refractivity contribution in [3.05, 3.63) is 0 Å². The minimum absolute atomic E-state index is 0. The Balaban J connectivity index is -0.0000000178. The molecule has 0 fully saturated rings. The van der Waals surface area contributed by atoms with Gasteiger partial charge in [-0.15, -0.1) is 0 Å². The topological polar surface area (TPSA) is 204 Å². The summed E-state index contributed by atoms with van der Waals surface area (Å²) in [4.78, 5) is 0. The van der Waals surface area contributed by atoms with Crippen molar-refractivity contribution in [2.45, 2.75) is 0 Å². The molecule has 0 saturated heterocycles. The Bertz CT molecular complexity index is 130. The first-order valence-electron chi connectivity index (χ1n) is 1.46. The fraction of sp³-hybridized carbons (Fsp3) is 0. The zero-order valence-electron chi connectivity index (χ0n) is 6.78. The summed E-state index contributed by atoms with van der Waals surface area (Å²) in [6.45, 7) is 0. The van der Waals surface area contributed by atoms with Gasteiger partial charge in [-0.05, 0) is 0 Å². The van der Waals surface area contributed by atoms with E-state index in [-0.39, 0.29) is 152 Å². The summed E-state index contributed by atoms with van der Waals surface area (Å²) < 4.78 is 69.1. The molecule has 14 heavy (non-hydrogen) atoms. The molecule has 0 radical (unpaired) electrons. The van der Waals surface area contributed by atoms with Gasteiger partial charge in [-0.2, -0.15) is 0 Å². The van der Waals surface area contributed by atoms with E-state index in [1.165, 1.54) is 0 Å². The van der Waals surface area contributed by atoms with Crippen LogP contribution in [0, 0.1) is 0 Å². The molecule has 0 aromatic rings. The predicted molar refractivity (Wildman–Crippen MR) is 33.8 cm³/mol. The Labute approximate surface area is 211 Å². The molecular formula is H2Ba3O9Sb2. The van der Waals surface area contributed by atoms with E-state index >= 15 is 0 Å². The minimum atomic E-state index is -6.10. The summed E-state index contributed by atoms with van der Waals surface area (Å²) in [5.74, 6) is 0. The van der Waals surface area contributed by atoms with Gasteiger partial charge in [0.2, 0.25) is 0 Å². The summed E-state index contributed by atoms with van der Waals surface area (Å²) >= 11 is -12.2. The van der Waals surface area contributed by atoms with Gasteiger partial charge in [0.25, 0.3) is 0 Å². The summed E-state index contributed by atoms with van der Waals surface area (Å²) in [7, 11) is 0. The quantitative estimate of drug-likeness (QED) is 0.215. The van der Waals surface area contributed by atoms with E-state index in [1.54, 1.807) is 0 Å². The SMILES string of the molecule is O.[Ba+2].[Ba+2].[Ba+2].[O]=[Sb]([O-])([O-])[O-].[O]=[Sb]([O-])([O-])[O-]. The van der Waals surface area contributed by atoms with Crippen LogP contribution >= 0.6 is 0 Å². The van der Waals surface area contributed by atoms with Crippen LogP contribution in [0.25, 0.3) is 0 Å². The van der Waals surface area contributed by atoms with Crippen molar-refractivity contribution in [3.63, 3.8) is 0 Å². The van der Waals surface area contributed by atoms with E-state index in [0.29, 0.717) is 0 Å². The third kappa shape index (κ3) is 153. The fourth-order valence-corrected chi connectivity index (χ4v) is 0. The van der Waals surface area contributed by atoms with Gasteiger partial charge < -0.3 is 5.48 Å². The molecule has 0 aliphatic heterocycles. The molecule has 0 aromatic carbocycles. The van der Waals surface area contributed by atoms with E-state index in [0.717, 1.165) is 0 Å². The molecule has 72 valence electrons. The van der Waals surface area contributed by atoms with Crippen LogP contribution in [-0.2, 0) is 6.03 Å². The monoisotopic (exact) mass is 801 g/mol. The van der Waals surface area contributed by atoms with Gasteiger partial charge in [0.1, 0.15) is 0 Å². The molecular weight excluding hydrogens is 799 g/mol. The molecule has 0 unspecified atom stereocenters. The third-order valence-electron chi connectivity index (χ3n) is 0. The van der Waals surface area contributed by atoms with E-state index in [2.05, 4.69) is 0 Å². The van der Waals surface area contributed by atoms with E-state index < -0.39 is 40.1 Å². The molecule has 0 aromatic heterocycles. The third-order valence-corrected chi connectivity index (χ3v) is 0. The Morgan fingerprint density at radius 3 is 0.571 bits per heavy atom. The summed E-state index contributed by atoms with van der Waals surface area (Å²) in [6.07, 6.45) is 0. The molecule has 0 bridgehead atoms. The molecule has 0 rings (SSSR count). The standard InChI is InChI=1S/3Ba.H2O.8O.2Sb/h;;;1H2;;;;;;;;;;/q3*+2;;;;6*-1;;. The van der Waals surface area contributed by atoms with Crippen molar-refractivity contribution in [1.29, 1.82) is 0 Å². The van der Waals surface area contributed by atoms with Crippen LogP contribution in [0.3, 0.4) is 0 Å². The van der Waals surface area contributed by atoms with Crippen molar-refractivity contribution in [3.8, 4) is 0 Å². The maximum absolute atomic E-state index is 8.64. The molecule has 0 amide bonds. The van der Waals surface area contributed by atoms with Crippen LogP contribution in [0.5, 0.6) is 0 Å². The summed E-state index contributed by atoms with van der Waals surface area (Å²) in [5, 5.41) is 0. The predicted octanol–water partition coefficient (Wildman–Crippen LogP) is -10.1. The molecule has 0 atom stereocenters. The normalized spacial score (nSPS) is 8.43. The molecule has 0 aliphatic rings. The fourth-order valence-electron chi connectivity index (χ4n) is 0.